The summed E-state index contributed by atoms with van der Waals surface area (Å²) in [6.45, 7) is 8.28. The Labute approximate surface area is 170 Å². The minimum absolute atomic E-state index is 0.627. The third-order valence-corrected chi connectivity index (χ3v) is 34.1. The van der Waals surface area contributed by atoms with Crippen LogP contribution in [0.2, 0.25) is 13.3 Å². The van der Waals surface area contributed by atoms with E-state index in [1.54, 1.807) is 13.3 Å². The number of rotatable bonds is 14. The molecule has 2 rings (SSSR count). The van der Waals surface area contributed by atoms with Gasteiger partial charge in [-0.1, -0.05) is 0 Å². The van der Waals surface area contributed by atoms with E-state index in [0.29, 0.717) is 8.20 Å². The molecular formula is C21H42OS2Sn. The summed E-state index contributed by atoms with van der Waals surface area (Å²) in [5.74, 6) is 2.88. The fourth-order valence-corrected chi connectivity index (χ4v) is 35.4. The van der Waals surface area contributed by atoms with Crippen LogP contribution in [-0.4, -0.2) is 44.7 Å². The minimum atomic E-state index is -2.22. The molecule has 25 heavy (non-hydrogen) atoms. The third-order valence-electron chi connectivity index (χ3n) is 6.23. The van der Waals surface area contributed by atoms with Gasteiger partial charge < -0.3 is 0 Å². The zero-order chi connectivity index (χ0) is 18.0. The first kappa shape index (κ1) is 22.7. The Hall–Kier alpha value is 1.46. The van der Waals surface area contributed by atoms with Gasteiger partial charge in [-0.2, -0.15) is 0 Å². The van der Waals surface area contributed by atoms with Crippen molar-refractivity contribution in [3.8, 4) is 0 Å². The van der Waals surface area contributed by atoms with Gasteiger partial charge in [-0.3, -0.25) is 0 Å². The molecule has 2 fully saturated rings. The first-order chi connectivity index (χ1) is 12.2. The maximum atomic E-state index is 5.51. The molecule has 0 saturated carbocycles. The molecule has 1 nitrogen and oxygen atoms in total. The Morgan fingerprint density at radius 2 is 1.40 bits per heavy atom. The molecule has 0 aromatic heterocycles. The second kappa shape index (κ2) is 12.1. The van der Waals surface area contributed by atoms with Crippen molar-refractivity contribution in [1.29, 1.82) is 0 Å². The Morgan fingerprint density at radius 1 is 0.880 bits per heavy atom. The van der Waals surface area contributed by atoms with Crippen molar-refractivity contribution < 1.29 is 4.74 Å². The number of unbranched alkanes of at least 4 members (excludes halogenated alkanes) is 3. The Morgan fingerprint density at radius 3 is 1.84 bits per heavy atom. The zero-order valence-corrected chi connectivity index (χ0v) is 21.6. The van der Waals surface area contributed by atoms with Crippen molar-refractivity contribution in [3.05, 3.63) is 0 Å². The van der Waals surface area contributed by atoms with Gasteiger partial charge in [-0.25, -0.2) is 0 Å². The van der Waals surface area contributed by atoms with Crippen LogP contribution < -0.4 is 0 Å². The van der Waals surface area contributed by atoms with Crippen molar-refractivity contribution in [3.63, 3.8) is 0 Å². The van der Waals surface area contributed by atoms with E-state index in [0.717, 1.165) is 6.61 Å². The van der Waals surface area contributed by atoms with E-state index in [-0.39, 0.29) is 0 Å². The van der Waals surface area contributed by atoms with E-state index >= 15 is 0 Å². The van der Waals surface area contributed by atoms with Crippen LogP contribution in [0.15, 0.2) is 0 Å². The number of hydrogen-bond donors (Lipinski definition) is 0. The van der Waals surface area contributed by atoms with Crippen LogP contribution in [0.3, 0.4) is 0 Å². The number of hydrogen-bond acceptors (Lipinski definition) is 3. The van der Waals surface area contributed by atoms with Crippen molar-refractivity contribution in [2.45, 2.75) is 106 Å². The van der Waals surface area contributed by atoms with E-state index in [1.807, 2.05) is 0 Å². The van der Waals surface area contributed by atoms with Gasteiger partial charge in [0, 0.05) is 0 Å². The van der Waals surface area contributed by atoms with Gasteiger partial charge in [0.15, 0.2) is 0 Å². The van der Waals surface area contributed by atoms with Crippen molar-refractivity contribution in [2.75, 3.05) is 18.1 Å². The molecule has 2 heterocycles. The van der Waals surface area contributed by atoms with E-state index in [4.69, 9.17) is 4.74 Å². The first-order valence-electron chi connectivity index (χ1n) is 11.1. The van der Waals surface area contributed by atoms with Crippen LogP contribution in [0.1, 0.15) is 85.0 Å². The van der Waals surface area contributed by atoms with Crippen molar-refractivity contribution in [2.24, 2.45) is 0 Å². The molecule has 0 spiro atoms. The molecule has 0 N–H and O–H groups in total. The predicted molar refractivity (Wildman–Crippen MR) is 121 cm³/mol. The topological polar surface area (TPSA) is 12.5 Å². The average Bonchev–Trinajstić information content (AvgIpc) is 3.46. The summed E-state index contributed by atoms with van der Waals surface area (Å²) in [6.07, 6.45) is 15.1. The molecule has 0 aromatic carbocycles. The summed E-state index contributed by atoms with van der Waals surface area (Å²) < 4.78 is 11.2. The van der Waals surface area contributed by atoms with E-state index in [9.17, 15) is 0 Å². The van der Waals surface area contributed by atoms with Gasteiger partial charge in [0.1, 0.15) is 0 Å². The molecule has 2 aliphatic rings. The van der Waals surface area contributed by atoms with Crippen LogP contribution >= 0.6 is 23.5 Å². The second-order valence-electron chi connectivity index (χ2n) is 8.24. The molecule has 0 unspecified atom stereocenters. The quantitative estimate of drug-likeness (QED) is 0.184. The summed E-state index contributed by atoms with van der Waals surface area (Å²) in [5.41, 5.74) is 0. The van der Waals surface area contributed by atoms with Crippen LogP contribution in [0, 0.1) is 0 Å². The SMILES string of the molecule is CCC[CH2][Sn]([CH2]CCC)([CH2]CCC)[C]1(CCC[C@H]2CO2)SCCCS1. The zero-order valence-electron chi connectivity index (χ0n) is 17.1. The van der Waals surface area contributed by atoms with Gasteiger partial charge in [0.25, 0.3) is 0 Å². The number of ether oxygens (including phenoxy) is 1. The summed E-state index contributed by atoms with van der Waals surface area (Å²) >= 11 is 2.70. The molecular weight excluding hydrogens is 451 g/mol. The van der Waals surface area contributed by atoms with Crippen LogP contribution in [0.25, 0.3) is 0 Å². The molecule has 4 heteroatoms. The van der Waals surface area contributed by atoms with Crippen LogP contribution in [0.4, 0.5) is 0 Å². The first-order valence-corrected chi connectivity index (χ1v) is 20.6. The van der Waals surface area contributed by atoms with E-state index in [1.165, 1.54) is 75.7 Å². The van der Waals surface area contributed by atoms with Crippen LogP contribution in [-0.2, 0) is 4.74 Å². The fraction of sp³-hybridized carbons (Fsp3) is 1.00. The van der Waals surface area contributed by atoms with E-state index < -0.39 is 18.4 Å². The normalized spacial score (nSPS) is 22.9. The van der Waals surface area contributed by atoms with Crippen molar-refractivity contribution >= 4 is 41.9 Å². The van der Waals surface area contributed by atoms with E-state index in [2.05, 4.69) is 44.3 Å². The molecule has 0 bridgehead atoms. The van der Waals surface area contributed by atoms with Crippen LogP contribution in [0.5, 0.6) is 0 Å². The summed E-state index contributed by atoms with van der Waals surface area (Å²) in [7, 11) is 0. The Kier molecular flexibility index (Phi) is 11.0. The average molecular weight is 493 g/mol. The Bertz CT molecular complexity index is 332. The van der Waals surface area contributed by atoms with Gasteiger partial charge in [0.05, 0.1) is 0 Å². The molecule has 1 atom stereocenters. The maximum absolute atomic E-state index is 5.51. The molecule has 148 valence electrons. The molecule has 0 aromatic rings. The monoisotopic (exact) mass is 494 g/mol. The molecule has 0 amide bonds. The summed E-state index contributed by atoms with van der Waals surface area (Å²) in [6, 6.07) is 0. The molecule has 2 aliphatic heterocycles. The molecule has 0 radical (unpaired) electrons. The van der Waals surface area contributed by atoms with Gasteiger partial charge in [0.2, 0.25) is 0 Å². The Balaban J connectivity index is 2.19. The molecule has 2 saturated heterocycles. The summed E-state index contributed by atoms with van der Waals surface area (Å²) in [4.78, 5) is 0. The predicted octanol–water partition coefficient (Wildman–Crippen LogP) is 7.51. The third kappa shape index (κ3) is 6.78. The van der Waals surface area contributed by atoms with Crippen molar-refractivity contribution in [1.82, 2.24) is 0 Å². The molecule has 0 aliphatic carbocycles. The van der Waals surface area contributed by atoms with Gasteiger partial charge >= 0.3 is 171 Å². The van der Waals surface area contributed by atoms with Gasteiger partial charge in [-0.05, 0) is 0 Å². The number of epoxide rings is 1. The standard InChI is InChI=1S/C9H15OS2.3C4H9.Sn/c1(3-8-7-10-8)4-9-11-5-2-6-12-9;3*1-3-4-2;/h8H,1-7H2;3*1,3-4H2,2H3;/t8-;;;;/m0..../s1. The number of thioether (sulfide) groups is 2. The second-order valence-corrected chi connectivity index (χ2v) is 27.4. The summed E-state index contributed by atoms with van der Waals surface area (Å²) in [5, 5.41) is 0. The fourth-order valence-electron chi connectivity index (χ4n) is 4.58. The van der Waals surface area contributed by atoms with Gasteiger partial charge in [-0.15, -0.1) is 0 Å².